The zero-order chi connectivity index (χ0) is 13.1. The maximum absolute atomic E-state index is 12.7. The van der Waals surface area contributed by atoms with Crippen LogP contribution in [0.25, 0.3) is 0 Å². The summed E-state index contributed by atoms with van der Waals surface area (Å²) in [5.74, 6) is 3.61. The van der Waals surface area contributed by atoms with E-state index in [1.54, 1.807) is 0 Å². The Balaban J connectivity index is 2.33. The molecule has 0 bridgehead atoms. The van der Waals surface area contributed by atoms with Crippen LogP contribution >= 0.6 is 0 Å². The van der Waals surface area contributed by atoms with Gasteiger partial charge in [-0.2, -0.15) is 0 Å². The van der Waals surface area contributed by atoms with E-state index in [0.29, 0.717) is 11.1 Å². The monoisotopic (exact) mass is 244 g/mol. The Kier molecular flexibility index (Phi) is 3.07. The van der Waals surface area contributed by atoms with Crippen molar-refractivity contribution < 1.29 is 19.7 Å². The number of hydrogen-bond acceptors (Lipinski definition) is 3. The minimum atomic E-state index is -0.581. The summed E-state index contributed by atoms with van der Waals surface area (Å²) in [6.07, 6.45) is 0. The van der Waals surface area contributed by atoms with Gasteiger partial charge in [-0.05, 0) is 36.4 Å². The fraction of sp³-hybridized carbons (Fsp3) is 0. The molecular formula is C14H9FO3. The molecule has 0 heterocycles. The lowest BCUT2D eigenvalue weighted by Crippen LogP contribution is -1.79. The van der Waals surface area contributed by atoms with Crippen LogP contribution in [0.1, 0.15) is 11.1 Å². The number of phenols is 3. The van der Waals surface area contributed by atoms with Gasteiger partial charge in [0.1, 0.15) is 5.82 Å². The van der Waals surface area contributed by atoms with Gasteiger partial charge in [0.05, 0.1) is 0 Å². The first-order valence-electron chi connectivity index (χ1n) is 5.09. The second kappa shape index (κ2) is 4.68. The zero-order valence-electron chi connectivity index (χ0n) is 9.18. The van der Waals surface area contributed by atoms with Crippen LogP contribution < -0.4 is 0 Å². The van der Waals surface area contributed by atoms with E-state index in [-0.39, 0.29) is 5.82 Å². The van der Waals surface area contributed by atoms with Crippen LogP contribution in [0.15, 0.2) is 36.4 Å². The van der Waals surface area contributed by atoms with Crippen LogP contribution in [-0.2, 0) is 0 Å². The lowest BCUT2D eigenvalue weighted by molar-refractivity contribution is 0.367. The third-order valence-electron chi connectivity index (χ3n) is 2.27. The highest BCUT2D eigenvalue weighted by Crippen LogP contribution is 2.34. The summed E-state index contributed by atoms with van der Waals surface area (Å²) in [5.41, 5.74) is 0.940. The molecule has 3 nitrogen and oxygen atoms in total. The van der Waals surface area contributed by atoms with Gasteiger partial charge in [0.15, 0.2) is 17.2 Å². The summed E-state index contributed by atoms with van der Waals surface area (Å²) < 4.78 is 12.7. The molecule has 0 aromatic heterocycles. The van der Waals surface area contributed by atoms with Gasteiger partial charge in [-0.1, -0.05) is 11.8 Å². The van der Waals surface area contributed by atoms with Gasteiger partial charge in [0.25, 0.3) is 0 Å². The maximum atomic E-state index is 12.7. The largest absolute Gasteiger partial charge is 0.504 e. The summed E-state index contributed by atoms with van der Waals surface area (Å²) in [5, 5.41) is 27.7. The SMILES string of the molecule is Oc1cc(C#Cc2ccc(F)cc2)cc(O)c1O. The molecule has 2 rings (SSSR count). The van der Waals surface area contributed by atoms with E-state index < -0.39 is 17.2 Å². The van der Waals surface area contributed by atoms with Crippen LogP contribution in [0.4, 0.5) is 4.39 Å². The van der Waals surface area contributed by atoms with Crippen LogP contribution in [0.3, 0.4) is 0 Å². The summed E-state index contributed by atoms with van der Waals surface area (Å²) in [4.78, 5) is 0. The van der Waals surface area contributed by atoms with E-state index in [1.807, 2.05) is 0 Å². The van der Waals surface area contributed by atoms with Gasteiger partial charge in [0, 0.05) is 11.1 Å². The van der Waals surface area contributed by atoms with E-state index in [1.165, 1.54) is 36.4 Å². The molecule has 0 amide bonds. The Hall–Kier alpha value is -2.67. The Morgan fingerprint density at radius 1 is 0.778 bits per heavy atom. The molecular weight excluding hydrogens is 235 g/mol. The van der Waals surface area contributed by atoms with Gasteiger partial charge in [-0.3, -0.25) is 0 Å². The summed E-state index contributed by atoms with van der Waals surface area (Å²) in [6, 6.07) is 8.06. The van der Waals surface area contributed by atoms with Crippen molar-refractivity contribution in [3.8, 4) is 29.1 Å². The molecule has 0 spiro atoms. The number of hydrogen-bond donors (Lipinski definition) is 3. The van der Waals surface area contributed by atoms with Crippen LogP contribution in [0.5, 0.6) is 17.2 Å². The number of rotatable bonds is 0. The number of phenolic OH excluding ortho intramolecular Hbond substituents is 3. The zero-order valence-corrected chi connectivity index (χ0v) is 9.18. The Morgan fingerprint density at radius 2 is 1.28 bits per heavy atom. The normalized spacial score (nSPS) is 9.61. The average Bonchev–Trinajstić information content (AvgIpc) is 2.35. The molecule has 0 aliphatic heterocycles. The Bertz CT molecular complexity index is 613. The molecule has 18 heavy (non-hydrogen) atoms. The Labute approximate surface area is 103 Å². The third kappa shape index (κ3) is 2.53. The molecule has 0 radical (unpaired) electrons. The second-order valence-electron chi connectivity index (χ2n) is 3.62. The van der Waals surface area contributed by atoms with Crippen molar-refractivity contribution in [3.05, 3.63) is 53.3 Å². The number of halogens is 1. The molecule has 0 atom stereocenters. The van der Waals surface area contributed by atoms with E-state index in [9.17, 15) is 14.6 Å². The average molecular weight is 244 g/mol. The summed E-state index contributed by atoms with van der Waals surface area (Å²) >= 11 is 0. The van der Waals surface area contributed by atoms with Crippen LogP contribution in [0, 0.1) is 17.7 Å². The third-order valence-corrected chi connectivity index (χ3v) is 2.27. The molecule has 0 aliphatic carbocycles. The van der Waals surface area contributed by atoms with Crippen molar-refractivity contribution in [1.82, 2.24) is 0 Å². The van der Waals surface area contributed by atoms with Crippen molar-refractivity contribution in [2.24, 2.45) is 0 Å². The van der Waals surface area contributed by atoms with Gasteiger partial charge >= 0.3 is 0 Å². The van der Waals surface area contributed by atoms with Crippen molar-refractivity contribution in [1.29, 1.82) is 0 Å². The molecule has 0 aliphatic rings. The molecule has 0 saturated heterocycles. The summed E-state index contributed by atoms with van der Waals surface area (Å²) in [7, 11) is 0. The molecule has 0 unspecified atom stereocenters. The van der Waals surface area contributed by atoms with Crippen molar-refractivity contribution in [3.63, 3.8) is 0 Å². The lowest BCUT2D eigenvalue weighted by atomic mass is 10.1. The minimum Gasteiger partial charge on any atom is -0.504 e. The Morgan fingerprint density at radius 3 is 1.83 bits per heavy atom. The maximum Gasteiger partial charge on any atom is 0.200 e. The molecule has 0 saturated carbocycles. The van der Waals surface area contributed by atoms with Crippen molar-refractivity contribution in [2.75, 3.05) is 0 Å². The van der Waals surface area contributed by atoms with Crippen molar-refractivity contribution in [2.45, 2.75) is 0 Å². The first-order chi connectivity index (χ1) is 8.56. The van der Waals surface area contributed by atoms with Gasteiger partial charge < -0.3 is 15.3 Å². The standard InChI is InChI=1S/C14H9FO3/c15-11-5-3-9(4-6-11)1-2-10-7-12(16)14(18)13(17)8-10/h3-8,16-18H. The fourth-order valence-corrected chi connectivity index (χ4v) is 1.35. The van der Waals surface area contributed by atoms with E-state index >= 15 is 0 Å². The van der Waals surface area contributed by atoms with E-state index in [0.717, 1.165) is 0 Å². The predicted octanol–water partition coefficient (Wildman–Crippen LogP) is 2.34. The first-order valence-corrected chi connectivity index (χ1v) is 5.09. The molecule has 0 fully saturated rings. The van der Waals surface area contributed by atoms with Crippen molar-refractivity contribution >= 4 is 0 Å². The first kappa shape index (κ1) is 11.8. The number of benzene rings is 2. The second-order valence-corrected chi connectivity index (χ2v) is 3.62. The molecule has 2 aromatic carbocycles. The van der Waals surface area contributed by atoms with Gasteiger partial charge in [-0.15, -0.1) is 0 Å². The smallest absolute Gasteiger partial charge is 0.200 e. The molecule has 4 heteroatoms. The quantitative estimate of drug-likeness (QED) is 0.492. The summed E-state index contributed by atoms with van der Waals surface area (Å²) in [6.45, 7) is 0. The van der Waals surface area contributed by atoms with Crippen LogP contribution in [0.2, 0.25) is 0 Å². The van der Waals surface area contributed by atoms with E-state index in [4.69, 9.17) is 5.11 Å². The van der Waals surface area contributed by atoms with Gasteiger partial charge in [0.2, 0.25) is 0 Å². The van der Waals surface area contributed by atoms with Gasteiger partial charge in [-0.25, -0.2) is 4.39 Å². The molecule has 2 aromatic rings. The topological polar surface area (TPSA) is 60.7 Å². The highest BCUT2D eigenvalue weighted by Gasteiger charge is 2.06. The van der Waals surface area contributed by atoms with Crippen LogP contribution in [-0.4, -0.2) is 15.3 Å². The number of aromatic hydroxyl groups is 3. The minimum absolute atomic E-state index is 0.340. The molecule has 90 valence electrons. The fourth-order valence-electron chi connectivity index (χ4n) is 1.35. The lowest BCUT2D eigenvalue weighted by Gasteiger charge is -2.00. The highest BCUT2D eigenvalue weighted by molar-refractivity contribution is 5.56. The van der Waals surface area contributed by atoms with E-state index in [2.05, 4.69) is 11.8 Å². The molecule has 3 N–H and O–H groups in total. The highest BCUT2D eigenvalue weighted by atomic mass is 19.1. The predicted molar refractivity (Wildman–Crippen MR) is 63.8 cm³/mol.